The first-order valence-electron chi connectivity index (χ1n) is 6.60. The third-order valence-corrected chi connectivity index (χ3v) is 3.53. The molecule has 92 valence electrons. The minimum atomic E-state index is 0.171. The number of allylic oxidation sites excluding steroid dienone is 1. The molecule has 0 aliphatic heterocycles. The number of aliphatic hydroxyl groups excluding tert-OH is 1. The molecule has 0 bridgehead atoms. The molecule has 0 saturated heterocycles. The molecule has 2 heteroatoms. The van der Waals surface area contributed by atoms with Crippen LogP contribution >= 0.6 is 0 Å². The summed E-state index contributed by atoms with van der Waals surface area (Å²) in [6.45, 7) is 3.62. The Balaban J connectivity index is 2.56. The number of aliphatic hydroxyl groups is 1. The van der Waals surface area contributed by atoms with Gasteiger partial charge in [-0.25, -0.2) is 0 Å². The van der Waals surface area contributed by atoms with Crippen molar-refractivity contribution >= 4 is 5.71 Å². The summed E-state index contributed by atoms with van der Waals surface area (Å²) in [5, 5.41) is 9.53. The van der Waals surface area contributed by atoms with E-state index in [9.17, 15) is 5.11 Å². The minimum absolute atomic E-state index is 0.171. The van der Waals surface area contributed by atoms with E-state index in [1.54, 1.807) is 7.05 Å². The maximum Gasteiger partial charge on any atom is 0.129 e. The highest BCUT2D eigenvalue weighted by atomic mass is 16.3. The van der Waals surface area contributed by atoms with Crippen molar-refractivity contribution in [2.45, 2.75) is 57.8 Å². The highest BCUT2D eigenvalue weighted by Gasteiger charge is 2.17. The van der Waals surface area contributed by atoms with Crippen molar-refractivity contribution in [2.24, 2.45) is 10.9 Å². The number of nitrogens with zero attached hydrogens (tertiary/aromatic N) is 1. The molecule has 1 N–H and O–H groups in total. The van der Waals surface area contributed by atoms with Gasteiger partial charge in [0.05, 0.1) is 5.71 Å². The summed E-state index contributed by atoms with van der Waals surface area (Å²) < 4.78 is 0. The van der Waals surface area contributed by atoms with Gasteiger partial charge in [0, 0.05) is 13.0 Å². The van der Waals surface area contributed by atoms with Gasteiger partial charge in [0.15, 0.2) is 0 Å². The summed E-state index contributed by atoms with van der Waals surface area (Å²) in [6.07, 6.45) is 11.6. The molecule has 1 rings (SSSR count). The van der Waals surface area contributed by atoms with Crippen LogP contribution in [-0.4, -0.2) is 17.9 Å². The Morgan fingerprint density at radius 1 is 1.00 bits per heavy atom. The normalized spacial score (nSPS) is 21.7. The summed E-state index contributed by atoms with van der Waals surface area (Å²) in [4.78, 5) is 4.20. The second-order valence-corrected chi connectivity index (χ2v) is 4.80. The van der Waals surface area contributed by atoms with Crippen LogP contribution in [0.3, 0.4) is 0 Å². The van der Waals surface area contributed by atoms with E-state index >= 15 is 0 Å². The van der Waals surface area contributed by atoms with E-state index in [2.05, 4.69) is 11.6 Å². The summed E-state index contributed by atoms with van der Waals surface area (Å²) in [7, 11) is 1.76. The van der Waals surface area contributed by atoms with Crippen LogP contribution in [0.25, 0.3) is 0 Å². The lowest BCUT2D eigenvalue weighted by atomic mass is 9.88. The van der Waals surface area contributed by atoms with Crippen LogP contribution in [0.1, 0.15) is 57.8 Å². The average Bonchev–Trinajstić information content (AvgIpc) is 2.27. The fourth-order valence-electron chi connectivity index (χ4n) is 2.63. The van der Waals surface area contributed by atoms with Gasteiger partial charge >= 0.3 is 0 Å². The van der Waals surface area contributed by atoms with Crippen molar-refractivity contribution in [1.82, 2.24) is 0 Å². The number of hydrogen-bond donors (Lipinski definition) is 1. The highest BCUT2D eigenvalue weighted by Crippen LogP contribution is 2.24. The molecule has 1 aliphatic rings. The quantitative estimate of drug-likeness (QED) is 0.550. The first kappa shape index (κ1) is 13.3. The van der Waals surface area contributed by atoms with E-state index in [1.165, 1.54) is 44.9 Å². The molecule has 1 saturated carbocycles. The second kappa shape index (κ2) is 7.48. The topological polar surface area (TPSA) is 32.6 Å². The maximum atomic E-state index is 9.53. The van der Waals surface area contributed by atoms with Gasteiger partial charge in [-0.2, -0.15) is 0 Å². The molecule has 0 aromatic carbocycles. The van der Waals surface area contributed by atoms with Crippen LogP contribution in [0.15, 0.2) is 17.3 Å². The molecule has 2 nitrogen and oxygen atoms in total. The Labute approximate surface area is 99.5 Å². The van der Waals surface area contributed by atoms with E-state index in [1.807, 2.05) is 0 Å². The van der Waals surface area contributed by atoms with Gasteiger partial charge in [-0.05, 0) is 12.8 Å². The van der Waals surface area contributed by atoms with E-state index in [4.69, 9.17) is 0 Å². The third-order valence-electron chi connectivity index (χ3n) is 3.53. The van der Waals surface area contributed by atoms with Gasteiger partial charge < -0.3 is 5.11 Å². The molecule has 16 heavy (non-hydrogen) atoms. The first-order chi connectivity index (χ1) is 7.75. The van der Waals surface area contributed by atoms with E-state index in [-0.39, 0.29) is 5.76 Å². The van der Waals surface area contributed by atoms with Crippen molar-refractivity contribution in [3.63, 3.8) is 0 Å². The Bertz CT molecular complexity index is 235. The van der Waals surface area contributed by atoms with Gasteiger partial charge in [-0.15, -0.1) is 0 Å². The predicted molar refractivity (Wildman–Crippen MR) is 70.2 cm³/mol. The van der Waals surface area contributed by atoms with E-state index in [0.717, 1.165) is 18.6 Å². The number of hydrogen-bond acceptors (Lipinski definition) is 2. The highest BCUT2D eigenvalue weighted by molar-refractivity contribution is 5.99. The molecule has 0 radical (unpaired) electrons. The van der Waals surface area contributed by atoms with Gasteiger partial charge in [0.2, 0.25) is 0 Å². The Hall–Kier alpha value is -0.790. The molecule has 0 amide bonds. The van der Waals surface area contributed by atoms with Crippen LogP contribution in [0, 0.1) is 5.92 Å². The van der Waals surface area contributed by atoms with E-state index < -0.39 is 0 Å². The third kappa shape index (κ3) is 4.38. The zero-order valence-corrected chi connectivity index (χ0v) is 10.5. The molecule has 1 fully saturated rings. The van der Waals surface area contributed by atoms with Crippen molar-refractivity contribution in [3.05, 3.63) is 12.3 Å². The zero-order valence-electron chi connectivity index (χ0n) is 10.5. The van der Waals surface area contributed by atoms with Gasteiger partial charge in [0.1, 0.15) is 5.76 Å². The lowest BCUT2D eigenvalue weighted by Crippen LogP contribution is -2.17. The van der Waals surface area contributed by atoms with Crippen LogP contribution in [0.5, 0.6) is 0 Å². The molecule has 0 atom stereocenters. The Morgan fingerprint density at radius 3 is 1.81 bits per heavy atom. The summed E-state index contributed by atoms with van der Waals surface area (Å²) in [5.41, 5.74) is 0.834. The minimum Gasteiger partial charge on any atom is -0.507 e. The standard InChI is InChI=1S/C14H25NO/c1-12(16)14(15-2)13-10-8-6-4-3-5-7-9-11-13/h13,16H,1,3-11H2,2H3. The van der Waals surface area contributed by atoms with E-state index in [0.29, 0.717) is 5.92 Å². The maximum absolute atomic E-state index is 9.53. The van der Waals surface area contributed by atoms with Crippen LogP contribution in [0.2, 0.25) is 0 Å². The van der Waals surface area contributed by atoms with Crippen molar-refractivity contribution in [1.29, 1.82) is 0 Å². The summed E-state index contributed by atoms with van der Waals surface area (Å²) >= 11 is 0. The molecular formula is C14H25NO. The molecule has 0 heterocycles. The second-order valence-electron chi connectivity index (χ2n) is 4.80. The van der Waals surface area contributed by atoms with Gasteiger partial charge in [0.25, 0.3) is 0 Å². The fourth-order valence-corrected chi connectivity index (χ4v) is 2.63. The summed E-state index contributed by atoms with van der Waals surface area (Å²) in [6, 6.07) is 0. The lowest BCUT2D eigenvalue weighted by Gasteiger charge is -2.19. The monoisotopic (exact) mass is 223 g/mol. The van der Waals surface area contributed by atoms with Crippen molar-refractivity contribution < 1.29 is 5.11 Å². The molecule has 0 spiro atoms. The molecule has 1 aliphatic carbocycles. The van der Waals surface area contributed by atoms with Crippen LogP contribution in [0.4, 0.5) is 0 Å². The van der Waals surface area contributed by atoms with Crippen molar-refractivity contribution in [2.75, 3.05) is 7.05 Å². The molecule has 0 aromatic rings. The number of rotatable bonds is 2. The average molecular weight is 223 g/mol. The predicted octanol–water partition coefficient (Wildman–Crippen LogP) is 4.27. The SMILES string of the molecule is C=C(O)C(=NC)C1CCCCCCCCC1. The first-order valence-corrected chi connectivity index (χ1v) is 6.60. The zero-order chi connectivity index (χ0) is 11.8. The molecule has 0 aromatic heterocycles. The lowest BCUT2D eigenvalue weighted by molar-refractivity contribution is 0.418. The van der Waals surface area contributed by atoms with Gasteiger partial charge in [-0.1, -0.05) is 51.5 Å². The summed E-state index contributed by atoms with van der Waals surface area (Å²) in [5.74, 6) is 0.602. The van der Waals surface area contributed by atoms with Crippen molar-refractivity contribution in [3.8, 4) is 0 Å². The van der Waals surface area contributed by atoms with Crippen LogP contribution in [-0.2, 0) is 0 Å². The fraction of sp³-hybridized carbons (Fsp3) is 0.786. The number of aliphatic imine (C=N–C) groups is 1. The van der Waals surface area contributed by atoms with Gasteiger partial charge in [-0.3, -0.25) is 4.99 Å². The largest absolute Gasteiger partial charge is 0.507 e. The Kier molecular flexibility index (Phi) is 6.20. The smallest absolute Gasteiger partial charge is 0.129 e. The Morgan fingerprint density at radius 2 is 1.44 bits per heavy atom. The van der Waals surface area contributed by atoms with Crippen LogP contribution < -0.4 is 0 Å². The molecule has 0 unspecified atom stereocenters. The molecular weight excluding hydrogens is 198 g/mol.